The van der Waals surface area contributed by atoms with Gasteiger partial charge >= 0.3 is 0 Å². The van der Waals surface area contributed by atoms with Gasteiger partial charge in [0.05, 0.1) is 11.8 Å². The SMILES string of the molecule is O=C(CCN1C(=O)[C@H]2CC=CC[C@H]2C1=O)N(Cc1ccccc1)Cc1ccccc1. The molecule has 1 heterocycles. The zero-order valence-corrected chi connectivity index (χ0v) is 16.9. The van der Waals surface area contributed by atoms with Crippen LogP contribution in [0.2, 0.25) is 0 Å². The summed E-state index contributed by atoms with van der Waals surface area (Å²) in [6.07, 6.45) is 5.33. The maximum atomic E-state index is 13.1. The first-order valence-electron chi connectivity index (χ1n) is 10.5. The van der Waals surface area contributed by atoms with Gasteiger partial charge in [-0.05, 0) is 24.0 Å². The zero-order valence-electron chi connectivity index (χ0n) is 16.9. The van der Waals surface area contributed by atoms with E-state index in [4.69, 9.17) is 0 Å². The number of nitrogens with zero attached hydrogens (tertiary/aromatic N) is 2. The molecule has 0 saturated carbocycles. The fourth-order valence-corrected chi connectivity index (χ4v) is 4.29. The molecule has 0 spiro atoms. The predicted octanol–water partition coefficient (Wildman–Crippen LogP) is 3.56. The minimum Gasteiger partial charge on any atom is -0.334 e. The third kappa shape index (κ3) is 4.35. The molecule has 30 heavy (non-hydrogen) atoms. The number of likely N-dealkylation sites (tertiary alicyclic amines) is 1. The van der Waals surface area contributed by atoms with Gasteiger partial charge < -0.3 is 4.90 Å². The van der Waals surface area contributed by atoms with E-state index in [1.165, 1.54) is 4.90 Å². The van der Waals surface area contributed by atoms with Crippen molar-refractivity contribution < 1.29 is 14.4 Å². The highest BCUT2D eigenvalue weighted by atomic mass is 16.2. The van der Waals surface area contributed by atoms with Gasteiger partial charge in [-0.25, -0.2) is 0 Å². The normalized spacial score (nSPS) is 20.3. The van der Waals surface area contributed by atoms with Crippen LogP contribution in [0.25, 0.3) is 0 Å². The average molecular weight is 402 g/mol. The summed E-state index contributed by atoms with van der Waals surface area (Å²) in [4.78, 5) is 41.5. The predicted molar refractivity (Wildman–Crippen MR) is 114 cm³/mol. The standard InChI is InChI=1S/C25H26N2O3/c28-23(15-16-27-24(29)21-13-7-8-14-22(21)25(27)30)26(17-19-9-3-1-4-10-19)18-20-11-5-2-6-12-20/h1-12,21-22H,13-18H2/t21-,22+. The second-order valence-electron chi connectivity index (χ2n) is 7.95. The first-order chi connectivity index (χ1) is 14.6. The molecule has 0 N–H and O–H groups in total. The number of amides is 3. The van der Waals surface area contributed by atoms with Crippen LogP contribution in [0.3, 0.4) is 0 Å². The zero-order chi connectivity index (χ0) is 20.9. The summed E-state index contributed by atoms with van der Waals surface area (Å²) < 4.78 is 0. The van der Waals surface area contributed by atoms with Gasteiger partial charge in [-0.3, -0.25) is 19.3 Å². The molecular formula is C25H26N2O3. The molecule has 4 rings (SSSR count). The lowest BCUT2D eigenvalue weighted by Crippen LogP contribution is -2.37. The van der Waals surface area contributed by atoms with E-state index < -0.39 is 0 Å². The molecule has 0 radical (unpaired) electrons. The highest BCUT2D eigenvalue weighted by Gasteiger charge is 2.47. The van der Waals surface area contributed by atoms with Gasteiger partial charge in [-0.15, -0.1) is 0 Å². The number of hydrogen-bond donors (Lipinski definition) is 0. The van der Waals surface area contributed by atoms with E-state index in [-0.39, 0.29) is 42.5 Å². The number of fused-ring (bicyclic) bond motifs is 1. The van der Waals surface area contributed by atoms with Crippen molar-refractivity contribution in [2.75, 3.05) is 6.54 Å². The molecule has 1 saturated heterocycles. The molecule has 5 nitrogen and oxygen atoms in total. The molecule has 154 valence electrons. The largest absolute Gasteiger partial charge is 0.334 e. The molecule has 3 amide bonds. The highest BCUT2D eigenvalue weighted by molar-refractivity contribution is 6.05. The van der Waals surface area contributed by atoms with Crippen molar-refractivity contribution >= 4 is 17.7 Å². The summed E-state index contributed by atoms with van der Waals surface area (Å²) in [5, 5.41) is 0. The molecule has 1 aliphatic carbocycles. The fraction of sp³-hybridized carbons (Fsp3) is 0.320. The van der Waals surface area contributed by atoms with E-state index in [0.717, 1.165) is 11.1 Å². The van der Waals surface area contributed by atoms with Gasteiger partial charge in [0.1, 0.15) is 0 Å². The van der Waals surface area contributed by atoms with Crippen molar-refractivity contribution in [3.8, 4) is 0 Å². The number of hydrogen-bond acceptors (Lipinski definition) is 3. The summed E-state index contributed by atoms with van der Waals surface area (Å²) in [6.45, 7) is 1.14. The molecule has 1 aliphatic heterocycles. The van der Waals surface area contributed by atoms with Gasteiger partial charge in [0.2, 0.25) is 17.7 Å². The highest BCUT2D eigenvalue weighted by Crippen LogP contribution is 2.35. The second-order valence-corrected chi connectivity index (χ2v) is 7.95. The molecule has 1 fully saturated rings. The van der Waals surface area contributed by atoms with Crippen molar-refractivity contribution in [2.24, 2.45) is 11.8 Å². The summed E-state index contributed by atoms with van der Waals surface area (Å²) in [5.74, 6) is -0.805. The number of rotatable bonds is 7. The third-order valence-corrected chi connectivity index (χ3v) is 5.93. The first kappa shape index (κ1) is 20.1. The van der Waals surface area contributed by atoms with E-state index >= 15 is 0 Å². The Morgan fingerprint density at radius 2 is 1.27 bits per heavy atom. The monoisotopic (exact) mass is 402 g/mol. The van der Waals surface area contributed by atoms with Crippen LogP contribution < -0.4 is 0 Å². The molecule has 5 heteroatoms. The summed E-state index contributed by atoms with van der Waals surface area (Å²) >= 11 is 0. The first-order valence-corrected chi connectivity index (χ1v) is 10.5. The number of imide groups is 1. The lowest BCUT2D eigenvalue weighted by Gasteiger charge is -2.24. The van der Waals surface area contributed by atoms with Crippen LogP contribution in [-0.4, -0.2) is 34.1 Å². The van der Waals surface area contributed by atoms with Crippen molar-refractivity contribution in [1.82, 2.24) is 9.80 Å². The van der Waals surface area contributed by atoms with E-state index in [2.05, 4.69) is 0 Å². The molecule has 2 aromatic carbocycles. The molecule has 0 unspecified atom stereocenters. The second kappa shape index (κ2) is 9.08. The lowest BCUT2D eigenvalue weighted by molar-refractivity contribution is -0.141. The molecule has 2 atom stereocenters. The van der Waals surface area contributed by atoms with Crippen LogP contribution in [0.15, 0.2) is 72.8 Å². The molecule has 2 aromatic rings. The maximum Gasteiger partial charge on any atom is 0.233 e. The van der Waals surface area contributed by atoms with Crippen molar-refractivity contribution in [1.29, 1.82) is 0 Å². The molecular weight excluding hydrogens is 376 g/mol. The Labute approximate surface area is 177 Å². The Bertz CT molecular complexity index is 872. The number of benzene rings is 2. The van der Waals surface area contributed by atoms with Gasteiger partial charge in [0.15, 0.2) is 0 Å². The van der Waals surface area contributed by atoms with E-state index in [9.17, 15) is 14.4 Å². The summed E-state index contributed by atoms with van der Waals surface area (Å²) in [7, 11) is 0. The summed E-state index contributed by atoms with van der Waals surface area (Å²) in [5.41, 5.74) is 2.10. The minimum atomic E-state index is -0.248. The number of carbonyl (C=O) groups is 3. The maximum absolute atomic E-state index is 13.1. The van der Waals surface area contributed by atoms with E-state index in [1.807, 2.05) is 72.8 Å². The van der Waals surface area contributed by atoms with E-state index in [0.29, 0.717) is 25.9 Å². The van der Waals surface area contributed by atoms with Gasteiger partial charge in [-0.2, -0.15) is 0 Å². The smallest absolute Gasteiger partial charge is 0.233 e. The van der Waals surface area contributed by atoms with Crippen molar-refractivity contribution in [3.05, 3.63) is 83.9 Å². The van der Waals surface area contributed by atoms with Gasteiger partial charge in [-0.1, -0.05) is 72.8 Å². The Morgan fingerprint density at radius 3 is 1.73 bits per heavy atom. The third-order valence-electron chi connectivity index (χ3n) is 5.93. The van der Waals surface area contributed by atoms with Crippen LogP contribution in [0, 0.1) is 11.8 Å². The van der Waals surface area contributed by atoms with Crippen LogP contribution >= 0.6 is 0 Å². The molecule has 0 aromatic heterocycles. The molecule has 0 bridgehead atoms. The topological polar surface area (TPSA) is 57.7 Å². The van der Waals surface area contributed by atoms with Crippen molar-refractivity contribution in [3.63, 3.8) is 0 Å². The minimum absolute atomic E-state index is 0.0590. The number of allylic oxidation sites excluding steroid dienone is 2. The Balaban J connectivity index is 1.43. The van der Waals surface area contributed by atoms with Crippen LogP contribution in [-0.2, 0) is 27.5 Å². The van der Waals surface area contributed by atoms with Gasteiger partial charge in [0, 0.05) is 26.1 Å². The van der Waals surface area contributed by atoms with Crippen molar-refractivity contribution in [2.45, 2.75) is 32.4 Å². The van der Waals surface area contributed by atoms with Crippen LogP contribution in [0.4, 0.5) is 0 Å². The average Bonchev–Trinajstić information content (AvgIpc) is 3.03. The Morgan fingerprint density at radius 1 is 0.800 bits per heavy atom. The van der Waals surface area contributed by atoms with E-state index in [1.54, 1.807) is 4.90 Å². The molecule has 2 aliphatic rings. The van der Waals surface area contributed by atoms with Gasteiger partial charge in [0.25, 0.3) is 0 Å². The quantitative estimate of drug-likeness (QED) is 0.526. The lowest BCUT2D eigenvalue weighted by atomic mass is 9.85. The summed E-state index contributed by atoms with van der Waals surface area (Å²) in [6, 6.07) is 19.7. The van der Waals surface area contributed by atoms with Crippen LogP contribution in [0.1, 0.15) is 30.4 Å². The Hall–Kier alpha value is -3.21. The Kier molecular flexibility index (Phi) is 6.07. The fourth-order valence-electron chi connectivity index (χ4n) is 4.29. The van der Waals surface area contributed by atoms with Crippen LogP contribution in [0.5, 0.6) is 0 Å². The number of carbonyl (C=O) groups excluding carboxylic acids is 3.